The van der Waals surface area contributed by atoms with E-state index < -0.39 is 0 Å². The van der Waals surface area contributed by atoms with Crippen LogP contribution in [0.1, 0.15) is 23.6 Å². The van der Waals surface area contributed by atoms with Crippen LogP contribution in [-0.4, -0.2) is 9.97 Å². The molecule has 12 rings (SSSR count). The van der Waals surface area contributed by atoms with Crippen molar-refractivity contribution in [3.63, 3.8) is 0 Å². The summed E-state index contributed by atoms with van der Waals surface area (Å²) in [5.74, 6) is 0.705. The normalized spacial score (nSPS) is 14.4. The molecule has 2 heterocycles. The summed E-state index contributed by atoms with van der Waals surface area (Å²) in [5, 5.41) is 4.87. The van der Waals surface area contributed by atoms with E-state index in [1.54, 1.807) is 0 Å². The Labute approximate surface area is 359 Å². The molecule has 0 bridgehead atoms. The van der Waals surface area contributed by atoms with E-state index in [9.17, 15) is 0 Å². The molecule has 0 amide bonds. The Morgan fingerprint density at radius 3 is 1.85 bits per heavy atom. The molecule has 0 N–H and O–H groups in total. The number of aromatic nitrogens is 2. The van der Waals surface area contributed by atoms with E-state index in [4.69, 9.17) is 9.97 Å². The van der Waals surface area contributed by atoms with Crippen LogP contribution in [0.4, 0.5) is 0 Å². The summed E-state index contributed by atoms with van der Waals surface area (Å²) in [4.78, 5) is 11.0. The van der Waals surface area contributed by atoms with Crippen molar-refractivity contribution in [1.82, 2.24) is 9.97 Å². The highest BCUT2D eigenvalue weighted by Crippen LogP contribution is 2.55. The van der Waals surface area contributed by atoms with Crippen molar-refractivity contribution in [2.75, 3.05) is 0 Å². The molecule has 1 aliphatic rings. The number of hydrogen-bond acceptors (Lipinski definition) is 3. The van der Waals surface area contributed by atoms with Gasteiger partial charge in [-0.05, 0) is 110 Å². The van der Waals surface area contributed by atoms with E-state index in [1.165, 1.54) is 53.6 Å². The molecule has 0 aliphatic heterocycles. The average Bonchev–Trinajstić information content (AvgIpc) is 3.84. The number of hydrogen-bond donors (Lipinski definition) is 0. The van der Waals surface area contributed by atoms with Gasteiger partial charge in [0.1, 0.15) is 0 Å². The Hall–Kier alpha value is -7.46. The maximum absolute atomic E-state index is 5.53. The second-order valence-corrected chi connectivity index (χ2v) is 17.3. The Balaban J connectivity index is 1.12. The van der Waals surface area contributed by atoms with E-state index in [0.29, 0.717) is 5.82 Å². The van der Waals surface area contributed by atoms with E-state index in [1.807, 2.05) is 11.3 Å². The highest BCUT2D eigenvalue weighted by atomic mass is 32.1. The van der Waals surface area contributed by atoms with Gasteiger partial charge in [-0.1, -0.05) is 170 Å². The number of rotatable bonds is 6. The Morgan fingerprint density at radius 2 is 0.984 bits per heavy atom. The van der Waals surface area contributed by atoms with Crippen molar-refractivity contribution in [3.05, 3.63) is 229 Å². The van der Waals surface area contributed by atoms with Gasteiger partial charge in [0.15, 0.2) is 5.82 Å². The Kier molecular flexibility index (Phi) is 8.19. The minimum absolute atomic E-state index is 0.328. The van der Waals surface area contributed by atoms with Gasteiger partial charge in [-0.3, -0.25) is 0 Å². The van der Waals surface area contributed by atoms with Gasteiger partial charge in [-0.15, -0.1) is 11.3 Å². The molecule has 11 aromatic rings. The number of benzene rings is 9. The number of nitrogens with zero attached hydrogens (tertiary/aromatic N) is 2. The third kappa shape index (κ3) is 5.77. The predicted octanol–water partition coefficient (Wildman–Crippen LogP) is 15.7. The fourth-order valence-corrected chi connectivity index (χ4v) is 10.8. The van der Waals surface area contributed by atoms with Crippen molar-refractivity contribution >= 4 is 42.3 Å². The van der Waals surface area contributed by atoms with Crippen molar-refractivity contribution in [1.29, 1.82) is 0 Å². The quantitative estimate of drug-likeness (QED) is 0.168. The topological polar surface area (TPSA) is 25.8 Å². The van der Waals surface area contributed by atoms with Crippen LogP contribution in [0, 0.1) is 0 Å². The molecule has 0 saturated heterocycles. The molecule has 61 heavy (non-hydrogen) atoms. The van der Waals surface area contributed by atoms with Crippen LogP contribution in [-0.2, 0) is 5.41 Å². The van der Waals surface area contributed by atoms with Crippen molar-refractivity contribution in [2.45, 2.75) is 12.3 Å². The van der Waals surface area contributed by atoms with Crippen LogP contribution in [0.3, 0.4) is 0 Å². The lowest BCUT2D eigenvalue weighted by molar-refractivity contribution is 0.714. The molecule has 3 heteroatoms. The van der Waals surface area contributed by atoms with Gasteiger partial charge < -0.3 is 0 Å². The minimum Gasteiger partial charge on any atom is -0.228 e. The fraction of sp³-hybridized carbons (Fsp3) is 0.0345. The molecule has 1 unspecified atom stereocenters. The second-order valence-electron chi connectivity index (χ2n) is 16.2. The molecule has 2 aromatic heterocycles. The summed E-state index contributed by atoms with van der Waals surface area (Å²) >= 11 is 1.85. The molecule has 0 fully saturated rings. The van der Waals surface area contributed by atoms with E-state index in [2.05, 4.69) is 219 Å². The van der Waals surface area contributed by atoms with Crippen LogP contribution in [0.15, 0.2) is 212 Å². The van der Waals surface area contributed by atoms with Gasteiger partial charge in [0.2, 0.25) is 0 Å². The van der Waals surface area contributed by atoms with Gasteiger partial charge in [-0.2, -0.15) is 0 Å². The van der Waals surface area contributed by atoms with Gasteiger partial charge in [0.05, 0.1) is 11.4 Å². The summed E-state index contributed by atoms with van der Waals surface area (Å²) in [6.45, 7) is 2.37. The van der Waals surface area contributed by atoms with Crippen molar-refractivity contribution in [3.8, 4) is 67.3 Å². The van der Waals surface area contributed by atoms with Gasteiger partial charge in [0, 0.05) is 42.3 Å². The smallest absolute Gasteiger partial charge is 0.161 e. The lowest BCUT2D eigenvalue weighted by Crippen LogP contribution is -2.22. The minimum atomic E-state index is -0.328. The maximum Gasteiger partial charge on any atom is 0.161 e. The third-order valence-corrected chi connectivity index (χ3v) is 13.9. The first-order valence-electron chi connectivity index (χ1n) is 20.9. The first kappa shape index (κ1) is 35.5. The highest BCUT2D eigenvalue weighted by Gasteiger charge is 2.41. The van der Waals surface area contributed by atoms with Crippen LogP contribution in [0.2, 0.25) is 0 Å². The zero-order chi connectivity index (χ0) is 40.5. The van der Waals surface area contributed by atoms with E-state index in [0.717, 1.165) is 55.5 Å². The average molecular weight is 795 g/mol. The monoisotopic (exact) mass is 794 g/mol. The zero-order valence-electron chi connectivity index (χ0n) is 33.5. The lowest BCUT2D eigenvalue weighted by atomic mass is 9.74. The summed E-state index contributed by atoms with van der Waals surface area (Å²) in [5.41, 5.74) is 15.6. The molecule has 0 saturated carbocycles. The standard InChI is InChI=1S/C58H38N2S/c1-58(43-20-6-3-7-21-43)50-27-12-10-24-47(50)56-48(26-15-28-51(56)58)53-36-52(59-57(60-53)46-25-14-19-38-18-8-9-22-44(38)46)42-33-40(37-16-4-2-5-17-37)32-41(34-42)39-30-31-55-49(35-39)45-23-11-13-29-54(45)61-55/h2-36H,1H3. The van der Waals surface area contributed by atoms with Gasteiger partial charge in [-0.25, -0.2) is 9.97 Å². The van der Waals surface area contributed by atoms with E-state index in [-0.39, 0.29) is 5.41 Å². The molecule has 0 radical (unpaired) electrons. The maximum atomic E-state index is 5.53. The van der Waals surface area contributed by atoms with Crippen LogP contribution >= 0.6 is 11.3 Å². The van der Waals surface area contributed by atoms with Crippen LogP contribution in [0.25, 0.3) is 98.2 Å². The lowest BCUT2D eigenvalue weighted by Gasteiger charge is -2.28. The molecule has 0 spiro atoms. The van der Waals surface area contributed by atoms with Gasteiger partial charge >= 0.3 is 0 Å². The van der Waals surface area contributed by atoms with E-state index >= 15 is 0 Å². The molecule has 2 nitrogen and oxygen atoms in total. The van der Waals surface area contributed by atoms with Gasteiger partial charge in [0.25, 0.3) is 0 Å². The fourth-order valence-electron chi connectivity index (χ4n) is 9.76. The molecule has 1 aliphatic carbocycles. The summed E-state index contributed by atoms with van der Waals surface area (Å²) in [6.07, 6.45) is 0. The third-order valence-electron chi connectivity index (χ3n) is 12.8. The largest absolute Gasteiger partial charge is 0.228 e. The molecule has 9 aromatic carbocycles. The molecular formula is C58H38N2S. The summed E-state index contributed by atoms with van der Waals surface area (Å²) in [6, 6.07) is 77.1. The molecule has 1 atom stereocenters. The summed E-state index contributed by atoms with van der Waals surface area (Å²) in [7, 11) is 0. The summed E-state index contributed by atoms with van der Waals surface area (Å²) < 4.78 is 2.60. The first-order valence-corrected chi connectivity index (χ1v) is 21.7. The van der Waals surface area contributed by atoms with Crippen molar-refractivity contribution in [2.24, 2.45) is 0 Å². The predicted molar refractivity (Wildman–Crippen MR) is 257 cm³/mol. The Morgan fingerprint density at radius 1 is 0.377 bits per heavy atom. The van der Waals surface area contributed by atoms with Crippen LogP contribution < -0.4 is 0 Å². The highest BCUT2D eigenvalue weighted by molar-refractivity contribution is 7.25. The Bertz CT molecular complexity index is 3490. The zero-order valence-corrected chi connectivity index (χ0v) is 34.3. The molecule has 286 valence electrons. The number of thiophene rings is 1. The number of fused-ring (bicyclic) bond motifs is 7. The second kappa shape index (κ2) is 14.1. The molecular weight excluding hydrogens is 757 g/mol. The first-order chi connectivity index (χ1) is 30.1. The SMILES string of the molecule is CC1(c2ccccc2)c2ccccc2-c2c(-c3cc(-c4cc(-c5ccccc5)cc(-c5ccc6sc7ccccc7c6c5)c4)nc(-c4cccc5ccccc45)n3)cccc21. The van der Waals surface area contributed by atoms with Crippen LogP contribution in [0.5, 0.6) is 0 Å². The van der Waals surface area contributed by atoms with Crippen molar-refractivity contribution < 1.29 is 0 Å².